The van der Waals surface area contributed by atoms with E-state index in [9.17, 15) is 4.79 Å². The highest BCUT2D eigenvalue weighted by Gasteiger charge is 2.00. The maximum atomic E-state index is 10.0. The van der Waals surface area contributed by atoms with Crippen LogP contribution in [0.25, 0.3) is 0 Å². The topological polar surface area (TPSA) is 29.4 Å². The van der Waals surface area contributed by atoms with Gasteiger partial charge in [0.1, 0.15) is 0 Å². The minimum atomic E-state index is 0.410. The smallest absolute Gasteiger partial charge is 0.211 e. The molecule has 0 saturated carbocycles. The molecule has 0 N–H and O–H groups in total. The zero-order valence-electron chi connectivity index (χ0n) is 8.29. The lowest BCUT2D eigenvalue weighted by Crippen LogP contribution is -1.92. The number of benzene rings is 1. The molecule has 0 saturated heterocycles. The summed E-state index contributed by atoms with van der Waals surface area (Å²) in [5.41, 5.74) is 3.46. The first kappa shape index (κ1) is 10.4. The molecule has 0 heterocycles. The molecule has 0 aromatic heterocycles. The number of aryl methyl sites for hydroxylation is 1. The van der Waals surface area contributed by atoms with Gasteiger partial charge in [-0.05, 0) is 24.5 Å². The number of nitrogens with zero attached hydrogens (tertiary/aromatic N) is 1. The van der Waals surface area contributed by atoms with E-state index in [4.69, 9.17) is 0 Å². The van der Waals surface area contributed by atoms with Gasteiger partial charge in [0.25, 0.3) is 0 Å². The van der Waals surface area contributed by atoms with Gasteiger partial charge >= 0.3 is 0 Å². The van der Waals surface area contributed by atoms with Crippen LogP contribution in [0.2, 0.25) is 0 Å². The summed E-state index contributed by atoms with van der Waals surface area (Å²) in [6, 6.07) is 6.11. The molecular formula is C12H13NO. The quantitative estimate of drug-likeness (QED) is 0.404. The molecule has 0 aliphatic carbocycles. The van der Waals surface area contributed by atoms with Crippen molar-refractivity contribution in [3.63, 3.8) is 0 Å². The van der Waals surface area contributed by atoms with Crippen LogP contribution in [0, 0.1) is 6.92 Å². The Balaban J connectivity index is 3.00. The fourth-order valence-corrected chi connectivity index (χ4v) is 1.37. The van der Waals surface area contributed by atoms with Crippen molar-refractivity contribution in [2.75, 3.05) is 0 Å². The van der Waals surface area contributed by atoms with Gasteiger partial charge in [0.15, 0.2) is 0 Å². The van der Waals surface area contributed by atoms with Gasteiger partial charge < -0.3 is 0 Å². The average Bonchev–Trinajstić information content (AvgIpc) is 2.17. The molecule has 2 nitrogen and oxygen atoms in total. The van der Waals surface area contributed by atoms with Crippen LogP contribution in [0.15, 0.2) is 35.8 Å². The third-order valence-electron chi connectivity index (χ3n) is 2.04. The van der Waals surface area contributed by atoms with Crippen molar-refractivity contribution in [2.45, 2.75) is 19.9 Å². The Bertz CT molecular complexity index is 376. The van der Waals surface area contributed by atoms with Gasteiger partial charge in [0, 0.05) is 0 Å². The molecule has 0 spiro atoms. The molecule has 0 amide bonds. The Morgan fingerprint density at radius 1 is 1.50 bits per heavy atom. The van der Waals surface area contributed by atoms with Crippen molar-refractivity contribution >= 4 is 6.08 Å². The first-order valence-corrected chi connectivity index (χ1v) is 4.51. The van der Waals surface area contributed by atoms with E-state index in [1.54, 1.807) is 6.08 Å². The summed E-state index contributed by atoms with van der Waals surface area (Å²) in [5.74, 6) is 0. The molecule has 14 heavy (non-hydrogen) atoms. The van der Waals surface area contributed by atoms with E-state index in [-0.39, 0.29) is 0 Å². The molecule has 0 unspecified atom stereocenters. The Labute approximate surface area is 84.0 Å². The molecule has 2 heteroatoms. The molecule has 0 fully saturated rings. The van der Waals surface area contributed by atoms with Gasteiger partial charge in [-0.3, -0.25) is 0 Å². The third kappa shape index (κ3) is 2.68. The molecule has 0 aliphatic rings. The van der Waals surface area contributed by atoms with E-state index in [1.807, 2.05) is 25.1 Å². The van der Waals surface area contributed by atoms with Crippen molar-refractivity contribution in [2.24, 2.45) is 4.99 Å². The lowest BCUT2D eigenvalue weighted by atomic mass is 10.0. The SMILES string of the molecule is C=CCc1cc(C)ccc1CN=C=O. The van der Waals surface area contributed by atoms with Crippen molar-refractivity contribution in [3.05, 3.63) is 47.5 Å². The largest absolute Gasteiger partial charge is 0.235 e. The van der Waals surface area contributed by atoms with Crippen LogP contribution in [0.3, 0.4) is 0 Å². The van der Waals surface area contributed by atoms with E-state index in [0.717, 1.165) is 12.0 Å². The Kier molecular flexibility index (Phi) is 3.84. The maximum absolute atomic E-state index is 10.0. The van der Waals surface area contributed by atoms with Gasteiger partial charge in [-0.1, -0.05) is 29.8 Å². The van der Waals surface area contributed by atoms with Crippen molar-refractivity contribution < 1.29 is 4.79 Å². The Morgan fingerprint density at radius 3 is 2.93 bits per heavy atom. The fourth-order valence-electron chi connectivity index (χ4n) is 1.37. The zero-order valence-corrected chi connectivity index (χ0v) is 8.29. The fraction of sp³-hybridized carbons (Fsp3) is 0.250. The highest BCUT2D eigenvalue weighted by Crippen LogP contribution is 2.13. The number of isocyanates is 1. The number of allylic oxidation sites excluding steroid dienone is 1. The Hall–Kier alpha value is -1.66. The molecule has 0 bridgehead atoms. The first-order valence-electron chi connectivity index (χ1n) is 4.51. The highest BCUT2D eigenvalue weighted by atomic mass is 16.1. The van der Waals surface area contributed by atoms with Crippen LogP contribution < -0.4 is 0 Å². The lowest BCUT2D eigenvalue weighted by molar-refractivity contribution is 0.562. The normalized spacial score (nSPS) is 9.21. The minimum Gasteiger partial charge on any atom is -0.211 e. The summed E-state index contributed by atoms with van der Waals surface area (Å²) in [7, 11) is 0. The van der Waals surface area contributed by atoms with Crippen LogP contribution in [-0.2, 0) is 17.8 Å². The molecule has 0 aliphatic heterocycles. The molecule has 1 aromatic carbocycles. The third-order valence-corrected chi connectivity index (χ3v) is 2.04. The van der Waals surface area contributed by atoms with Gasteiger partial charge in [-0.2, -0.15) is 0 Å². The van der Waals surface area contributed by atoms with E-state index in [1.165, 1.54) is 11.1 Å². The molecule has 72 valence electrons. The van der Waals surface area contributed by atoms with Crippen molar-refractivity contribution in [1.29, 1.82) is 0 Å². The molecule has 1 aromatic rings. The first-order chi connectivity index (χ1) is 6.77. The van der Waals surface area contributed by atoms with Gasteiger partial charge in [0.05, 0.1) is 6.54 Å². The van der Waals surface area contributed by atoms with Crippen LogP contribution >= 0.6 is 0 Å². The van der Waals surface area contributed by atoms with E-state index in [0.29, 0.717) is 6.54 Å². The summed E-state index contributed by atoms with van der Waals surface area (Å²) in [4.78, 5) is 13.6. The maximum Gasteiger partial charge on any atom is 0.235 e. The number of hydrogen-bond acceptors (Lipinski definition) is 2. The molecule has 1 rings (SSSR count). The summed E-state index contributed by atoms with van der Waals surface area (Å²) < 4.78 is 0. The van der Waals surface area contributed by atoms with Gasteiger partial charge in [-0.25, -0.2) is 9.79 Å². The van der Waals surface area contributed by atoms with Crippen LogP contribution in [-0.4, -0.2) is 6.08 Å². The van der Waals surface area contributed by atoms with E-state index in [2.05, 4.69) is 17.6 Å². The zero-order chi connectivity index (χ0) is 10.4. The van der Waals surface area contributed by atoms with E-state index < -0.39 is 0 Å². The van der Waals surface area contributed by atoms with Gasteiger partial charge in [-0.15, -0.1) is 6.58 Å². The lowest BCUT2D eigenvalue weighted by Gasteiger charge is -2.05. The summed E-state index contributed by atoms with van der Waals surface area (Å²) in [6.45, 7) is 6.15. The van der Waals surface area contributed by atoms with E-state index >= 15 is 0 Å². The predicted octanol–water partition coefficient (Wildman–Crippen LogP) is 2.56. The molecular weight excluding hydrogens is 174 g/mol. The number of rotatable bonds is 4. The average molecular weight is 187 g/mol. The summed E-state index contributed by atoms with van der Waals surface area (Å²) in [5, 5.41) is 0. The molecule has 0 atom stereocenters. The number of aliphatic imine (C=N–C) groups is 1. The highest BCUT2D eigenvalue weighted by molar-refractivity contribution is 5.37. The Morgan fingerprint density at radius 2 is 2.29 bits per heavy atom. The second-order valence-electron chi connectivity index (χ2n) is 3.17. The molecule has 0 radical (unpaired) electrons. The second-order valence-corrected chi connectivity index (χ2v) is 3.17. The van der Waals surface area contributed by atoms with Crippen molar-refractivity contribution in [1.82, 2.24) is 0 Å². The van der Waals surface area contributed by atoms with Crippen LogP contribution in [0.4, 0.5) is 0 Å². The second kappa shape index (κ2) is 5.15. The number of carbonyl (C=O) groups excluding carboxylic acids is 1. The van der Waals surface area contributed by atoms with Crippen LogP contribution in [0.1, 0.15) is 16.7 Å². The van der Waals surface area contributed by atoms with Crippen LogP contribution in [0.5, 0.6) is 0 Å². The van der Waals surface area contributed by atoms with Crippen molar-refractivity contribution in [3.8, 4) is 0 Å². The predicted molar refractivity (Wildman–Crippen MR) is 56.9 cm³/mol. The monoisotopic (exact) mass is 187 g/mol. The standard InChI is InChI=1S/C12H13NO/c1-3-4-11-7-10(2)5-6-12(11)8-13-9-14/h3,5-7H,1,4,8H2,2H3. The minimum absolute atomic E-state index is 0.410. The summed E-state index contributed by atoms with van der Waals surface area (Å²) in [6.07, 6.45) is 4.21. The van der Waals surface area contributed by atoms with Gasteiger partial charge in [0.2, 0.25) is 6.08 Å². The summed E-state index contributed by atoms with van der Waals surface area (Å²) >= 11 is 0. The number of hydrogen-bond donors (Lipinski definition) is 0.